The van der Waals surface area contributed by atoms with E-state index in [-0.39, 0.29) is 41.0 Å². The number of benzene rings is 4. The van der Waals surface area contributed by atoms with Crippen LogP contribution in [0.25, 0.3) is 22.3 Å². The fourth-order valence-corrected chi connectivity index (χ4v) is 12.9. The number of fused-ring (bicyclic) bond motifs is 1. The summed E-state index contributed by atoms with van der Waals surface area (Å²) in [7, 11) is 0.796. The SMILES string of the molecule is COc1cc(N2CCC3(CC2)CN(CC2CCN(c4cc5c(cc4F)C(=O)N(C4CCC(=O)NC4=O)C5=O)CC2)C3)c(-c2cnn(C)c2)cc1Nc1ncc(Cl)c(Nc2ccc(-c3ccccc3)cc2P(C)(C)=O)n1. The summed E-state index contributed by atoms with van der Waals surface area (Å²) in [6.07, 6.45) is 9.24. The van der Waals surface area contributed by atoms with Gasteiger partial charge in [-0.25, -0.2) is 9.37 Å². The third-order valence-electron chi connectivity index (χ3n) is 15.5. The number of aryl methyl sites for hydroxylation is 1. The van der Waals surface area contributed by atoms with E-state index in [9.17, 15) is 23.7 Å². The van der Waals surface area contributed by atoms with Crippen molar-refractivity contribution in [3.05, 3.63) is 113 Å². The van der Waals surface area contributed by atoms with E-state index in [1.807, 2.05) is 72.9 Å². The molecule has 388 valence electrons. The fraction of sp³-hybridized carbons (Fsp3) is 0.364. The molecule has 0 saturated carbocycles. The van der Waals surface area contributed by atoms with Crippen LogP contribution in [0.3, 0.4) is 0 Å². The van der Waals surface area contributed by atoms with Crippen molar-refractivity contribution in [3.8, 4) is 28.0 Å². The Morgan fingerprint density at radius 2 is 1.53 bits per heavy atom. The van der Waals surface area contributed by atoms with Crippen molar-refractivity contribution in [3.63, 3.8) is 0 Å². The van der Waals surface area contributed by atoms with Gasteiger partial charge in [-0.1, -0.05) is 48.0 Å². The number of nitrogens with one attached hydrogen (secondary N) is 3. The molecule has 7 heterocycles. The van der Waals surface area contributed by atoms with Crippen molar-refractivity contribution in [2.45, 2.75) is 44.6 Å². The van der Waals surface area contributed by atoms with Crippen LogP contribution in [0, 0.1) is 17.2 Å². The predicted molar refractivity (Wildman–Crippen MR) is 288 cm³/mol. The molecule has 5 aliphatic rings. The minimum atomic E-state index is -2.75. The van der Waals surface area contributed by atoms with Crippen LogP contribution in [0.15, 0.2) is 91.4 Å². The molecular formula is C55H58ClFN11O6P. The Morgan fingerprint density at radius 3 is 2.21 bits per heavy atom. The minimum Gasteiger partial charge on any atom is -0.494 e. The number of ether oxygens (including phenoxy) is 1. The topological polar surface area (TPSA) is 187 Å². The second-order valence-corrected chi connectivity index (χ2v) is 24.5. The number of anilines is 6. The van der Waals surface area contributed by atoms with E-state index in [4.69, 9.17) is 21.3 Å². The first-order valence-electron chi connectivity index (χ1n) is 25.3. The summed E-state index contributed by atoms with van der Waals surface area (Å²) < 4.78 is 37.1. The Kier molecular flexibility index (Phi) is 13.2. The summed E-state index contributed by atoms with van der Waals surface area (Å²) in [5.41, 5.74) is 6.79. The van der Waals surface area contributed by atoms with Gasteiger partial charge in [0.05, 0.1) is 47.7 Å². The van der Waals surface area contributed by atoms with Crippen molar-refractivity contribution in [2.24, 2.45) is 18.4 Å². The lowest BCUT2D eigenvalue weighted by Crippen LogP contribution is -2.61. The van der Waals surface area contributed by atoms with Crippen LogP contribution in [0.4, 0.5) is 38.9 Å². The number of piperidine rings is 3. The van der Waals surface area contributed by atoms with E-state index in [1.165, 1.54) is 12.3 Å². The zero-order valence-electron chi connectivity index (χ0n) is 42.2. The predicted octanol–water partition coefficient (Wildman–Crippen LogP) is 8.30. The first kappa shape index (κ1) is 50.0. The normalized spacial score (nSPS) is 19.1. The van der Waals surface area contributed by atoms with Crippen LogP contribution in [-0.4, -0.2) is 125 Å². The number of nitrogens with zero attached hydrogens (tertiary/aromatic N) is 8. The van der Waals surface area contributed by atoms with Crippen molar-refractivity contribution in [1.82, 2.24) is 34.9 Å². The van der Waals surface area contributed by atoms with E-state index < -0.39 is 42.6 Å². The molecule has 20 heteroatoms. The molecule has 17 nitrogen and oxygen atoms in total. The van der Waals surface area contributed by atoms with Crippen LogP contribution < -0.4 is 35.8 Å². The third kappa shape index (κ3) is 9.86. The molecule has 4 amide bonds. The number of hydrogen-bond donors (Lipinski definition) is 3. The number of carbonyl (C=O) groups is 4. The lowest BCUT2D eigenvalue weighted by Gasteiger charge is -2.55. The molecule has 1 atom stereocenters. The highest BCUT2D eigenvalue weighted by molar-refractivity contribution is 7.70. The maximum atomic E-state index is 15.7. The Bertz CT molecular complexity index is 3310. The maximum Gasteiger partial charge on any atom is 0.262 e. The fourth-order valence-electron chi connectivity index (χ4n) is 11.6. The number of halogens is 2. The first-order chi connectivity index (χ1) is 36.0. The van der Waals surface area contributed by atoms with Gasteiger partial charge in [0.15, 0.2) is 5.82 Å². The molecule has 75 heavy (non-hydrogen) atoms. The molecule has 4 fully saturated rings. The lowest BCUT2D eigenvalue weighted by molar-refractivity contribution is -0.136. The second-order valence-electron chi connectivity index (χ2n) is 20.9. The Balaban J connectivity index is 0.728. The van der Waals surface area contributed by atoms with Gasteiger partial charge in [0, 0.05) is 93.7 Å². The van der Waals surface area contributed by atoms with Gasteiger partial charge >= 0.3 is 0 Å². The summed E-state index contributed by atoms with van der Waals surface area (Å²) in [5, 5.41) is 14.4. The molecule has 0 bridgehead atoms. The number of amides is 4. The van der Waals surface area contributed by atoms with Crippen molar-refractivity contribution in [2.75, 3.05) is 86.7 Å². The zero-order valence-corrected chi connectivity index (χ0v) is 43.9. The second kappa shape index (κ2) is 19.9. The first-order valence-corrected chi connectivity index (χ1v) is 28.3. The highest BCUT2D eigenvalue weighted by Gasteiger charge is 2.47. The van der Waals surface area contributed by atoms with E-state index in [0.29, 0.717) is 52.3 Å². The summed E-state index contributed by atoms with van der Waals surface area (Å²) >= 11 is 6.71. The number of methoxy groups -OCH3 is 1. The highest BCUT2D eigenvalue weighted by atomic mass is 35.5. The van der Waals surface area contributed by atoms with Crippen molar-refractivity contribution < 1.29 is 32.9 Å². The summed E-state index contributed by atoms with van der Waals surface area (Å²) in [5.74, 6) is -1.39. The molecule has 0 aliphatic carbocycles. The number of carbonyl (C=O) groups excluding carboxylic acids is 4. The molecule has 3 N–H and O–H groups in total. The molecule has 4 saturated heterocycles. The standard InChI is InChI=1S/C55H58ClFN11O6P/c1-64-30-36(27-59-64)37-24-43(61-54-58-28-40(56)50(63-54)60-42-11-10-35(22-48(42)75(3,4)73)34-8-6-5-7-9-34)47(74-2)26-45(37)67-20-16-55(17-21-67)31-65(32-55)29-33-14-18-66(19-15-33)46-25-39-38(23-41(46)57)52(71)68(53(39)72)44-12-13-49(69)62-51(44)70/h5-11,22-28,30,33,44H,12-21,29,31-32H2,1-4H3,(H,62,69,70)(H2,58,60,61,63). The Morgan fingerprint density at radius 1 is 0.813 bits per heavy atom. The summed E-state index contributed by atoms with van der Waals surface area (Å²) in [6, 6.07) is 21.4. The van der Waals surface area contributed by atoms with E-state index in [1.54, 1.807) is 25.1 Å². The molecule has 1 spiro atoms. The lowest BCUT2D eigenvalue weighted by atomic mass is 9.71. The average Bonchev–Trinajstić information content (AvgIpc) is 3.93. The summed E-state index contributed by atoms with van der Waals surface area (Å²) in [6.45, 7) is 9.48. The molecule has 5 aliphatic heterocycles. The van der Waals surface area contributed by atoms with Crippen LogP contribution in [0.2, 0.25) is 5.02 Å². The molecule has 1 unspecified atom stereocenters. The van der Waals surface area contributed by atoms with Gasteiger partial charge in [0.25, 0.3) is 11.8 Å². The van der Waals surface area contributed by atoms with Crippen molar-refractivity contribution in [1.29, 1.82) is 0 Å². The number of likely N-dealkylation sites (tertiary alicyclic amines) is 1. The van der Waals surface area contributed by atoms with Crippen LogP contribution in [-0.2, 0) is 21.2 Å². The van der Waals surface area contributed by atoms with Gasteiger partial charge in [0.2, 0.25) is 17.8 Å². The van der Waals surface area contributed by atoms with E-state index >= 15 is 4.39 Å². The van der Waals surface area contributed by atoms with Crippen molar-refractivity contribution >= 4 is 82.2 Å². The molecule has 6 aromatic rings. The van der Waals surface area contributed by atoms with E-state index in [0.717, 1.165) is 97.3 Å². The van der Waals surface area contributed by atoms with Crippen LogP contribution in [0.5, 0.6) is 5.75 Å². The van der Waals surface area contributed by atoms with Crippen LogP contribution in [0.1, 0.15) is 59.2 Å². The smallest absolute Gasteiger partial charge is 0.262 e. The number of hydrogen-bond acceptors (Lipinski definition) is 14. The third-order valence-corrected chi connectivity index (χ3v) is 17.3. The maximum absolute atomic E-state index is 15.7. The van der Waals surface area contributed by atoms with Gasteiger partial charge in [-0.3, -0.25) is 34.1 Å². The minimum absolute atomic E-state index is 0.0143. The molecular weight excluding hydrogens is 996 g/mol. The number of rotatable bonds is 13. The molecule has 4 aromatic carbocycles. The van der Waals surface area contributed by atoms with Gasteiger partial charge in [-0.2, -0.15) is 10.1 Å². The molecule has 0 radical (unpaired) electrons. The molecule has 2 aromatic heterocycles. The Hall–Kier alpha value is -7.14. The monoisotopic (exact) mass is 1050 g/mol. The quantitative estimate of drug-likeness (QED) is 0.0741. The molecule has 11 rings (SSSR count). The summed E-state index contributed by atoms with van der Waals surface area (Å²) in [4.78, 5) is 68.1. The van der Waals surface area contributed by atoms with E-state index in [2.05, 4.69) is 48.0 Å². The zero-order chi connectivity index (χ0) is 52.3. The highest BCUT2D eigenvalue weighted by Crippen LogP contribution is 2.47. The number of aromatic nitrogens is 4. The average molecular weight is 1050 g/mol. The largest absolute Gasteiger partial charge is 0.494 e. The van der Waals surface area contributed by atoms with Gasteiger partial charge in [0.1, 0.15) is 29.8 Å². The van der Waals surface area contributed by atoms with Gasteiger partial charge in [-0.05, 0) is 98.2 Å². The van der Waals surface area contributed by atoms with Gasteiger partial charge < -0.3 is 34.6 Å². The van der Waals surface area contributed by atoms with Crippen LogP contribution >= 0.6 is 18.7 Å². The Labute approximate surface area is 439 Å². The number of imide groups is 2. The van der Waals surface area contributed by atoms with Gasteiger partial charge in [-0.15, -0.1) is 0 Å².